The van der Waals surface area contributed by atoms with Crippen molar-refractivity contribution in [2.24, 2.45) is 0 Å². The Morgan fingerprint density at radius 3 is 2.50 bits per heavy atom. The zero-order chi connectivity index (χ0) is 10.8. The molecule has 1 aromatic carbocycles. The highest BCUT2D eigenvalue weighted by molar-refractivity contribution is 5.37. The molecule has 0 saturated heterocycles. The van der Waals surface area contributed by atoms with Gasteiger partial charge in [0, 0.05) is 0 Å². The molecule has 0 aliphatic carbocycles. The topological polar surface area (TPSA) is 23.8 Å². The first kappa shape index (κ1) is 10.6. The van der Waals surface area contributed by atoms with E-state index in [9.17, 15) is 13.2 Å². The molecule has 1 aromatic rings. The van der Waals surface area contributed by atoms with E-state index in [1.165, 1.54) is 19.1 Å². The Kier molecular flexibility index (Phi) is 2.80. The van der Waals surface area contributed by atoms with E-state index in [0.717, 1.165) is 6.07 Å². The van der Waals surface area contributed by atoms with E-state index in [1.54, 1.807) is 0 Å². The van der Waals surface area contributed by atoms with Gasteiger partial charge >= 0.3 is 6.18 Å². The highest BCUT2D eigenvalue weighted by Crippen LogP contribution is 2.32. The molecule has 0 radical (unpaired) electrons. The molecule has 0 atom stereocenters. The molecular formula is C10H8F3N. The van der Waals surface area contributed by atoms with Crippen LogP contribution in [0.4, 0.5) is 13.2 Å². The molecule has 0 amide bonds. The summed E-state index contributed by atoms with van der Waals surface area (Å²) in [4.78, 5) is 0. The zero-order valence-electron chi connectivity index (χ0n) is 7.52. The molecule has 14 heavy (non-hydrogen) atoms. The van der Waals surface area contributed by atoms with E-state index in [0.29, 0.717) is 5.56 Å². The number of halogens is 3. The maximum atomic E-state index is 12.4. The van der Waals surface area contributed by atoms with Crippen LogP contribution < -0.4 is 0 Å². The largest absolute Gasteiger partial charge is 0.416 e. The summed E-state index contributed by atoms with van der Waals surface area (Å²) >= 11 is 0. The third-order valence-corrected chi connectivity index (χ3v) is 2.02. The van der Waals surface area contributed by atoms with Crippen LogP contribution in [-0.4, -0.2) is 0 Å². The van der Waals surface area contributed by atoms with Crippen molar-refractivity contribution in [1.82, 2.24) is 0 Å². The van der Waals surface area contributed by atoms with Crippen LogP contribution in [0.5, 0.6) is 0 Å². The molecule has 4 heteroatoms. The van der Waals surface area contributed by atoms with Crippen LogP contribution in [0.25, 0.3) is 0 Å². The predicted octanol–water partition coefficient (Wildman–Crippen LogP) is 3.08. The first-order chi connectivity index (χ1) is 6.46. The van der Waals surface area contributed by atoms with E-state index in [-0.39, 0.29) is 12.0 Å². The minimum Gasteiger partial charge on any atom is -0.198 e. The molecule has 0 spiro atoms. The summed E-state index contributed by atoms with van der Waals surface area (Å²) < 4.78 is 37.2. The molecule has 1 rings (SSSR count). The van der Waals surface area contributed by atoms with Crippen LogP contribution in [0, 0.1) is 18.3 Å². The molecule has 0 bridgehead atoms. The molecule has 0 aliphatic rings. The van der Waals surface area contributed by atoms with Gasteiger partial charge in [-0.05, 0) is 24.1 Å². The van der Waals surface area contributed by atoms with Crippen LogP contribution in [0.2, 0.25) is 0 Å². The lowest BCUT2D eigenvalue weighted by Gasteiger charge is -2.11. The van der Waals surface area contributed by atoms with Gasteiger partial charge in [-0.25, -0.2) is 0 Å². The van der Waals surface area contributed by atoms with Gasteiger partial charge in [0.1, 0.15) is 0 Å². The molecule has 0 heterocycles. The maximum absolute atomic E-state index is 12.4. The zero-order valence-corrected chi connectivity index (χ0v) is 7.52. The summed E-state index contributed by atoms with van der Waals surface area (Å²) in [5.74, 6) is 0. The van der Waals surface area contributed by atoms with Gasteiger partial charge in [-0.2, -0.15) is 18.4 Å². The summed E-state index contributed by atoms with van der Waals surface area (Å²) in [6.45, 7) is 1.38. The Morgan fingerprint density at radius 1 is 1.36 bits per heavy atom. The normalized spacial score (nSPS) is 11.1. The van der Waals surface area contributed by atoms with Crippen LogP contribution in [-0.2, 0) is 12.6 Å². The number of hydrogen-bond acceptors (Lipinski definition) is 1. The molecule has 74 valence electrons. The van der Waals surface area contributed by atoms with E-state index < -0.39 is 11.7 Å². The number of nitriles is 1. The Bertz CT molecular complexity index is 374. The smallest absolute Gasteiger partial charge is 0.198 e. The summed E-state index contributed by atoms with van der Waals surface area (Å²) in [5, 5.41) is 8.41. The van der Waals surface area contributed by atoms with Crippen LogP contribution in [0.15, 0.2) is 18.2 Å². The quantitative estimate of drug-likeness (QED) is 0.681. The van der Waals surface area contributed by atoms with Crippen LogP contribution in [0.3, 0.4) is 0 Å². The highest BCUT2D eigenvalue weighted by Gasteiger charge is 2.32. The van der Waals surface area contributed by atoms with E-state index in [2.05, 4.69) is 0 Å². The SMILES string of the molecule is Cc1c(CC#N)cccc1C(F)(F)F. The fourth-order valence-corrected chi connectivity index (χ4v) is 1.27. The predicted molar refractivity (Wildman–Crippen MR) is 45.5 cm³/mol. The molecule has 0 fully saturated rings. The second kappa shape index (κ2) is 3.70. The Labute approximate surface area is 79.8 Å². The molecule has 0 unspecified atom stereocenters. The van der Waals surface area contributed by atoms with Crippen molar-refractivity contribution >= 4 is 0 Å². The van der Waals surface area contributed by atoms with Crippen molar-refractivity contribution in [2.45, 2.75) is 19.5 Å². The standard InChI is InChI=1S/C10H8F3N/c1-7-8(5-6-14)3-2-4-9(7)10(11,12)13/h2-4H,5H2,1H3. The first-order valence-electron chi connectivity index (χ1n) is 3.99. The summed E-state index contributed by atoms with van der Waals surface area (Å²) in [5.41, 5.74) is -0.0888. The maximum Gasteiger partial charge on any atom is 0.416 e. The molecule has 0 N–H and O–H groups in total. The van der Waals surface area contributed by atoms with Gasteiger partial charge in [-0.1, -0.05) is 12.1 Å². The summed E-state index contributed by atoms with van der Waals surface area (Å²) in [6, 6.07) is 5.72. The van der Waals surface area contributed by atoms with Gasteiger partial charge in [0.25, 0.3) is 0 Å². The van der Waals surface area contributed by atoms with Crippen molar-refractivity contribution < 1.29 is 13.2 Å². The number of nitrogens with zero attached hydrogens (tertiary/aromatic N) is 1. The van der Waals surface area contributed by atoms with Gasteiger partial charge in [0.05, 0.1) is 18.1 Å². The van der Waals surface area contributed by atoms with Crippen molar-refractivity contribution in [3.8, 4) is 6.07 Å². The lowest BCUT2D eigenvalue weighted by molar-refractivity contribution is -0.138. The lowest BCUT2D eigenvalue weighted by Crippen LogP contribution is -2.08. The van der Waals surface area contributed by atoms with Crippen LogP contribution in [0.1, 0.15) is 16.7 Å². The monoisotopic (exact) mass is 199 g/mol. The van der Waals surface area contributed by atoms with Crippen LogP contribution >= 0.6 is 0 Å². The minimum atomic E-state index is -4.34. The molecular weight excluding hydrogens is 191 g/mol. The summed E-state index contributed by atoms with van der Waals surface area (Å²) in [6.07, 6.45) is -4.33. The van der Waals surface area contributed by atoms with Crippen molar-refractivity contribution in [2.75, 3.05) is 0 Å². The van der Waals surface area contributed by atoms with Crippen molar-refractivity contribution in [1.29, 1.82) is 5.26 Å². The second-order valence-corrected chi connectivity index (χ2v) is 2.92. The van der Waals surface area contributed by atoms with E-state index >= 15 is 0 Å². The number of rotatable bonds is 1. The summed E-state index contributed by atoms with van der Waals surface area (Å²) in [7, 11) is 0. The Balaban J connectivity index is 3.22. The fourth-order valence-electron chi connectivity index (χ4n) is 1.27. The van der Waals surface area contributed by atoms with E-state index in [1.807, 2.05) is 6.07 Å². The molecule has 0 saturated carbocycles. The third kappa shape index (κ3) is 2.05. The molecule has 0 aliphatic heterocycles. The number of benzene rings is 1. The molecule has 0 aromatic heterocycles. The van der Waals surface area contributed by atoms with E-state index in [4.69, 9.17) is 5.26 Å². The van der Waals surface area contributed by atoms with Gasteiger partial charge < -0.3 is 0 Å². The minimum absolute atomic E-state index is 0.00968. The Hall–Kier alpha value is -1.50. The second-order valence-electron chi connectivity index (χ2n) is 2.92. The molecule has 1 nitrogen and oxygen atoms in total. The van der Waals surface area contributed by atoms with Gasteiger partial charge in [0.15, 0.2) is 0 Å². The third-order valence-electron chi connectivity index (χ3n) is 2.02. The average Bonchev–Trinajstić information content (AvgIpc) is 2.07. The number of hydrogen-bond donors (Lipinski definition) is 0. The fraction of sp³-hybridized carbons (Fsp3) is 0.300. The van der Waals surface area contributed by atoms with Gasteiger partial charge in [-0.3, -0.25) is 0 Å². The first-order valence-corrected chi connectivity index (χ1v) is 3.99. The highest BCUT2D eigenvalue weighted by atomic mass is 19.4. The van der Waals surface area contributed by atoms with Crippen molar-refractivity contribution in [3.63, 3.8) is 0 Å². The Morgan fingerprint density at radius 2 is 2.00 bits per heavy atom. The van der Waals surface area contributed by atoms with Crippen molar-refractivity contribution in [3.05, 3.63) is 34.9 Å². The lowest BCUT2D eigenvalue weighted by atomic mass is 10.0. The van der Waals surface area contributed by atoms with Gasteiger partial charge in [-0.15, -0.1) is 0 Å². The average molecular weight is 199 g/mol. The number of alkyl halides is 3. The van der Waals surface area contributed by atoms with Gasteiger partial charge in [0.2, 0.25) is 0 Å².